The van der Waals surface area contributed by atoms with Crippen LogP contribution in [0.5, 0.6) is 0 Å². The molecule has 2 aromatic carbocycles. The summed E-state index contributed by atoms with van der Waals surface area (Å²) < 4.78 is 2.06. The third-order valence-electron chi connectivity index (χ3n) is 3.87. The third-order valence-corrected chi connectivity index (χ3v) is 5.03. The summed E-state index contributed by atoms with van der Waals surface area (Å²) in [4.78, 5) is 21.1. The Bertz CT molecular complexity index is 1080. The zero-order valence-electron chi connectivity index (χ0n) is 14.2. The number of benzene rings is 2. The van der Waals surface area contributed by atoms with Gasteiger partial charge in [0.25, 0.3) is 0 Å². The summed E-state index contributed by atoms with van der Waals surface area (Å²) in [6.45, 7) is 0. The summed E-state index contributed by atoms with van der Waals surface area (Å²) in [5, 5.41) is 4.06. The number of amides is 1. The maximum atomic E-state index is 12.3. The molecule has 0 fully saturated rings. The molecule has 7 heteroatoms. The zero-order chi connectivity index (χ0) is 18.6. The first kappa shape index (κ1) is 17.6. The maximum absolute atomic E-state index is 12.3. The number of thioether (sulfide) groups is 1. The molecule has 0 saturated heterocycles. The maximum Gasteiger partial charge on any atom is 0.236 e. The lowest BCUT2D eigenvalue weighted by Gasteiger charge is -2.09. The van der Waals surface area contributed by atoms with E-state index in [1.165, 1.54) is 18.0 Å². The molecule has 0 spiro atoms. The van der Waals surface area contributed by atoms with Gasteiger partial charge < -0.3 is 5.32 Å². The number of hydrogen-bond donors (Lipinski definition) is 1. The predicted molar refractivity (Wildman–Crippen MR) is 110 cm³/mol. The van der Waals surface area contributed by atoms with Crippen molar-refractivity contribution in [3.63, 3.8) is 0 Å². The lowest BCUT2D eigenvalue weighted by molar-refractivity contribution is -0.113. The SMILES string of the molecule is O=C(CSc1nc2ccccc2n1-c1ccccc1)Nc1ccc(Cl)cn1. The van der Waals surface area contributed by atoms with Gasteiger partial charge in [-0.1, -0.05) is 53.7 Å². The Labute approximate surface area is 165 Å². The Hall–Kier alpha value is -2.83. The van der Waals surface area contributed by atoms with Crippen LogP contribution < -0.4 is 5.32 Å². The van der Waals surface area contributed by atoms with Gasteiger partial charge in [-0.25, -0.2) is 9.97 Å². The average Bonchev–Trinajstić information content (AvgIpc) is 3.07. The number of carbonyl (C=O) groups excluding carboxylic acids is 1. The summed E-state index contributed by atoms with van der Waals surface area (Å²) in [7, 11) is 0. The predicted octanol–water partition coefficient (Wildman–Crippen LogP) is 4.80. The van der Waals surface area contributed by atoms with Crippen LogP contribution in [0.1, 0.15) is 0 Å². The number of nitrogens with zero attached hydrogens (tertiary/aromatic N) is 3. The number of imidazole rings is 1. The third kappa shape index (κ3) is 3.97. The monoisotopic (exact) mass is 394 g/mol. The summed E-state index contributed by atoms with van der Waals surface area (Å²) in [5.74, 6) is 0.545. The Kier molecular flexibility index (Phi) is 5.09. The van der Waals surface area contributed by atoms with Crippen molar-refractivity contribution in [1.82, 2.24) is 14.5 Å². The van der Waals surface area contributed by atoms with Crippen molar-refractivity contribution in [3.05, 3.63) is 77.9 Å². The van der Waals surface area contributed by atoms with Crippen LogP contribution >= 0.6 is 23.4 Å². The topological polar surface area (TPSA) is 59.8 Å². The number of nitrogens with one attached hydrogen (secondary N) is 1. The average molecular weight is 395 g/mol. The van der Waals surface area contributed by atoms with Gasteiger partial charge in [0.05, 0.1) is 21.8 Å². The highest BCUT2D eigenvalue weighted by molar-refractivity contribution is 7.99. The molecule has 134 valence electrons. The van der Waals surface area contributed by atoms with Gasteiger partial charge in [0.1, 0.15) is 5.82 Å². The van der Waals surface area contributed by atoms with Crippen LogP contribution in [0.25, 0.3) is 16.7 Å². The minimum Gasteiger partial charge on any atom is -0.310 e. The molecule has 0 atom stereocenters. The second-order valence-electron chi connectivity index (χ2n) is 5.75. The second kappa shape index (κ2) is 7.82. The number of halogens is 1. The quantitative estimate of drug-likeness (QED) is 0.494. The van der Waals surface area contributed by atoms with Gasteiger partial charge in [0, 0.05) is 11.9 Å². The van der Waals surface area contributed by atoms with Crippen molar-refractivity contribution in [3.8, 4) is 5.69 Å². The zero-order valence-corrected chi connectivity index (χ0v) is 15.7. The Morgan fingerprint density at radius 2 is 1.81 bits per heavy atom. The lowest BCUT2D eigenvalue weighted by atomic mass is 10.3. The molecule has 0 saturated carbocycles. The summed E-state index contributed by atoms with van der Waals surface area (Å²) in [5.41, 5.74) is 2.91. The molecular formula is C20H15ClN4OS. The van der Waals surface area contributed by atoms with Crippen LogP contribution in [-0.2, 0) is 4.79 Å². The van der Waals surface area contributed by atoms with Gasteiger partial charge in [-0.05, 0) is 36.4 Å². The smallest absolute Gasteiger partial charge is 0.236 e. The lowest BCUT2D eigenvalue weighted by Crippen LogP contribution is -2.15. The molecule has 4 rings (SSSR count). The molecule has 0 aliphatic carbocycles. The van der Waals surface area contributed by atoms with E-state index < -0.39 is 0 Å². The van der Waals surface area contributed by atoms with Crippen LogP contribution in [0.4, 0.5) is 5.82 Å². The van der Waals surface area contributed by atoms with Crippen LogP contribution in [0.2, 0.25) is 5.02 Å². The molecule has 0 aliphatic heterocycles. The first-order valence-corrected chi connectivity index (χ1v) is 9.64. The molecule has 0 bridgehead atoms. The number of anilines is 1. The molecule has 2 aromatic heterocycles. The van der Waals surface area contributed by atoms with E-state index in [-0.39, 0.29) is 11.7 Å². The summed E-state index contributed by atoms with van der Waals surface area (Å²) in [6.07, 6.45) is 1.50. The summed E-state index contributed by atoms with van der Waals surface area (Å²) >= 11 is 7.20. The highest BCUT2D eigenvalue weighted by Crippen LogP contribution is 2.28. The van der Waals surface area contributed by atoms with E-state index in [1.54, 1.807) is 12.1 Å². The van der Waals surface area contributed by atoms with E-state index in [4.69, 9.17) is 16.6 Å². The molecule has 2 heterocycles. The number of pyridine rings is 1. The molecule has 1 amide bonds. The molecule has 1 N–H and O–H groups in total. The van der Waals surface area contributed by atoms with Gasteiger partial charge in [-0.2, -0.15) is 0 Å². The van der Waals surface area contributed by atoms with Crippen LogP contribution in [0, 0.1) is 0 Å². The standard InChI is InChI=1S/C20H15ClN4OS/c21-14-10-11-18(22-12-14)24-19(26)13-27-20-23-16-8-4-5-9-17(16)25(20)15-6-2-1-3-7-15/h1-12H,13H2,(H,22,24,26). The van der Waals surface area contributed by atoms with Gasteiger partial charge in [-0.15, -0.1) is 0 Å². The fourth-order valence-corrected chi connectivity index (χ4v) is 3.63. The fourth-order valence-electron chi connectivity index (χ4n) is 2.69. The van der Waals surface area contributed by atoms with Crippen molar-refractivity contribution in [2.75, 3.05) is 11.1 Å². The van der Waals surface area contributed by atoms with E-state index in [1.807, 2.05) is 54.6 Å². The first-order valence-electron chi connectivity index (χ1n) is 8.28. The first-order chi connectivity index (χ1) is 13.2. The van der Waals surface area contributed by atoms with Crippen molar-refractivity contribution < 1.29 is 4.79 Å². The normalized spacial score (nSPS) is 10.9. The molecule has 27 heavy (non-hydrogen) atoms. The molecular weight excluding hydrogens is 380 g/mol. The second-order valence-corrected chi connectivity index (χ2v) is 7.13. The minimum atomic E-state index is -0.151. The molecule has 0 radical (unpaired) electrons. The van der Waals surface area contributed by atoms with E-state index in [0.717, 1.165) is 21.9 Å². The van der Waals surface area contributed by atoms with E-state index in [0.29, 0.717) is 10.8 Å². The molecule has 4 aromatic rings. The van der Waals surface area contributed by atoms with Crippen molar-refractivity contribution >= 4 is 46.1 Å². The largest absolute Gasteiger partial charge is 0.310 e. The van der Waals surface area contributed by atoms with Crippen molar-refractivity contribution in [1.29, 1.82) is 0 Å². The Morgan fingerprint density at radius 1 is 1.04 bits per heavy atom. The highest BCUT2D eigenvalue weighted by atomic mass is 35.5. The van der Waals surface area contributed by atoms with Crippen LogP contribution in [-0.4, -0.2) is 26.2 Å². The minimum absolute atomic E-state index is 0.151. The van der Waals surface area contributed by atoms with Gasteiger partial charge >= 0.3 is 0 Å². The van der Waals surface area contributed by atoms with Crippen LogP contribution in [0.3, 0.4) is 0 Å². The Balaban J connectivity index is 1.57. The number of aromatic nitrogens is 3. The van der Waals surface area contributed by atoms with Gasteiger partial charge in [-0.3, -0.25) is 9.36 Å². The van der Waals surface area contributed by atoms with Crippen LogP contribution in [0.15, 0.2) is 78.1 Å². The van der Waals surface area contributed by atoms with Crippen molar-refractivity contribution in [2.24, 2.45) is 0 Å². The number of hydrogen-bond acceptors (Lipinski definition) is 4. The Morgan fingerprint density at radius 3 is 2.59 bits per heavy atom. The molecule has 0 unspecified atom stereocenters. The van der Waals surface area contributed by atoms with E-state index in [9.17, 15) is 4.79 Å². The number of carbonyl (C=O) groups is 1. The number of fused-ring (bicyclic) bond motifs is 1. The number of para-hydroxylation sites is 3. The van der Waals surface area contributed by atoms with Crippen molar-refractivity contribution in [2.45, 2.75) is 5.16 Å². The summed E-state index contributed by atoms with van der Waals surface area (Å²) in [6, 6.07) is 21.3. The van der Waals surface area contributed by atoms with Gasteiger partial charge in [0.2, 0.25) is 5.91 Å². The molecule has 5 nitrogen and oxygen atoms in total. The van der Waals surface area contributed by atoms with E-state index >= 15 is 0 Å². The van der Waals surface area contributed by atoms with Gasteiger partial charge in [0.15, 0.2) is 5.16 Å². The number of rotatable bonds is 5. The molecule has 0 aliphatic rings. The highest BCUT2D eigenvalue weighted by Gasteiger charge is 2.14. The fraction of sp³-hybridized carbons (Fsp3) is 0.0500. The van der Waals surface area contributed by atoms with E-state index in [2.05, 4.69) is 14.9 Å².